The van der Waals surface area contributed by atoms with Gasteiger partial charge >= 0.3 is 0 Å². The average Bonchev–Trinajstić information content (AvgIpc) is 3.14. The highest BCUT2D eigenvalue weighted by Gasteiger charge is 2.47. The van der Waals surface area contributed by atoms with Gasteiger partial charge in [-0.25, -0.2) is 23.1 Å². The van der Waals surface area contributed by atoms with Crippen LogP contribution in [0.2, 0.25) is 0 Å². The first-order valence-corrected chi connectivity index (χ1v) is 9.81. The highest BCUT2D eigenvalue weighted by atomic mass is 19.3. The van der Waals surface area contributed by atoms with Crippen LogP contribution in [0.1, 0.15) is 34.4 Å². The third-order valence-corrected chi connectivity index (χ3v) is 5.64. The van der Waals surface area contributed by atoms with E-state index in [4.69, 9.17) is 5.73 Å². The van der Waals surface area contributed by atoms with Gasteiger partial charge in [0.15, 0.2) is 5.54 Å². The summed E-state index contributed by atoms with van der Waals surface area (Å²) in [6.07, 6.45) is 3.36. The molecular weight excluding hydrogens is 415 g/mol. The van der Waals surface area contributed by atoms with Crippen molar-refractivity contribution in [1.82, 2.24) is 15.0 Å². The van der Waals surface area contributed by atoms with Crippen molar-refractivity contribution < 1.29 is 18.2 Å². The number of nitrogens with zero attached hydrogens (tertiary/aromatic N) is 3. The number of nitrogens with two attached hydrogens (primary N) is 1. The summed E-state index contributed by atoms with van der Waals surface area (Å²) in [4.78, 5) is 15.1. The molecule has 1 aliphatic rings. The smallest absolute Gasteiger partial charge is 0.280 e. The molecule has 0 spiro atoms. The molecule has 158 valence electrons. The molecule has 2 aromatic carbocycles. The van der Waals surface area contributed by atoms with Crippen LogP contribution in [0.25, 0.3) is 11.1 Å². The van der Waals surface area contributed by atoms with Gasteiger partial charge < -0.3 is 0 Å². The molecule has 5 nitrogen and oxygen atoms in total. The maximum absolute atomic E-state index is 14.8. The Balaban J connectivity index is 1.82. The number of rotatable bonds is 4. The molecule has 0 saturated carbocycles. The molecule has 1 atom stereocenters. The van der Waals surface area contributed by atoms with Crippen molar-refractivity contribution in [2.45, 2.75) is 12.0 Å². The average molecular weight is 432 g/mol. The lowest BCUT2D eigenvalue weighted by molar-refractivity contribution is -0.530. The van der Waals surface area contributed by atoms with Crippen molar-refractivity contribution in [2.75, 3.05) is 0 Å². The Kier molecular flexibility index (Phi) is 4.70. The molecule has 0 radical (unpaired) electrons. The van der Waals surface area contributed by atoms with E-state index < -0.39 is 17.8 Å². The number of fused-ring (bicyclic) bond motifs is 1. The number of amidine groups is 1. The van der Waals surface area contributed by atoms with E-state index in [-0.39, 0.29) is 17.1 Å². The molecule has 3 heterocycles. The lowest BCUT2D eigenvalue weighted by Crippen LogP contribution is -2.84. The van der Waals surface area contributed by atoms with Gasteiger partial charge in [0.05, 0.1) is 0 Å². The predicted octanol–water partition coefficient (Wildman–Crippen LogP) is 2.71. The summed E-state index contributed by atoms with van der Waals surface area (Å²) in [6, 6.07) is 15.0. The number of benzene rings is 2. The molecule has 0 saturated heterocycles. The fraction of sp³-hybridized carbons (Fsp3) is 0.0833. The Morgan fingerprint density at radius 1 is 0.906 bits per heavy atom. The lowest BCUT2D eigenvalue weighted by Gasteiger charge is -2.27. The molecule has 1 aliphatic heterocycles. The Bertz CT molecular complexity index is 1340. The third kappa shape index (κ3) is 3.03. The van der Waals surface area contributed by atoms with Gasteiger partial charge in [-0.2, -0.15) is 0 Å². The summed E-state index contributed by atoms with van der Waals surface area (Å²) in [5.41, 5.74) is 8.16. The minimum absolute atomic E-state index is 0.127. The van der Waals surface area contributed by atoms with Gasteiger partial charge in [0, 0.05) is 40.8 Å². The first kappa shape index (κ1) is 19.9. The van der Waals surface area contributed by atoms with E-state index in [2.05, 4.69) is 19.9 Å². The number of nitrogen functional groups attached to an aromatic ring is 1. The van der Waals surface area contributed by atoms with E-state index in [1.807, 2.05) is 24.3 Å². The SMILES string of the molecule is NC1=[NH+]C(c2cccc(-c3cncnc3)c2)(c2ccnc(C(F)F)c2)c2cccc(F)c21. The van der Waals surface area contributed by atoms with Crippen LogP contribution in [0.4, 0.5) is 13.2 Å². The van der Waals surface area contributed by atoms with Crippen molar-refractivity contribution in [3.8, 4) is 11.1 Å². The normalized spacial score (nSPS) is 17.3. The second-order valence-electron chi connectivity index (χ2n) is 7.43. The number of hydrogen-bond acceptors (Lipinski definition) is 4. The van der Waals surface area contributed by atoms with Crippen LogP contribution in [0.5, 0.6) is 0 Å². The molecule has 3 N–H and O–H groups in total. The summed E-state index contributed by atoms with van der Waals surface area (Å²) < 4.78 is 41.8. The summed E-state index contributed by atoms with van der Waals surface area (Å²) >= 11 is 0. The van der Waals surface area contributed by atoms with Gasteiger partial charge in [0.1, 0.15) is 23.4 Å². The molecule has 2 aromatic heterocycles. The number of aromatic nitrogens is 3. The molecule has 4 aromatic rings. The van der Waals surface area contributed by atoms with Crippen LogP contribution in [-0.2, 0) is 5.54 Å². The highest BCUT2D eigenvalue weighted by molar-refractivity contribution is 5.97. The molecule has 32 heavy (non-hydrogen) atoms. The molecule has 5 rings (SSSR count). The van der Waals surface area contributed by atoms with E-state index in [9.17, 15) is 13.2 Å². The van der Waals surface area contributed by atoms with E-state index in [1.54, 1.807) is 30.6 Å². The number of hydrogen-bond donors (Lipinski definition) is 2. The monoisotopic (exact) mass is 432 g/mol. The molecule has 0 fully saturated rings. The van der Waals surface area contributed by atoms with Crippen molar-refractivity contribution in [3.63, 3.8) is 0 Å². The van der Waals surface area contributed by atoms with Crippen LogP contribution in [0.3, 0.4) is 0 Å². The first-order chi connectivity index (χ1) is 15.5. The summed E-state index contributed by atoms with van der Waals surface area (Å²) in [5.74, 6) is -0.368. The Hall–Kier alpha value is -4.07. The predicted molar refractivity (Wildman–Crippen MR) is 112 cm³/mol. The maximum Gasteiger partial charge on any atom is 0.280 e. The highest BCUT2D eigenvalue weighted by Crippen LogP contribution is 2.39. The third-order valence-electron chi connectivity index (χ3n) is 5.64. The van der Waals surface area contributed by atoms with Gasteiger partial charge in [-0.1, -0.05) is 30.3 Å². The molecule has 8 heteroatoms. The van der Waals surface area contributed by atoms with Gasteiger partial charge in [0.25, 0.3) is 12.3 Å². The molecule has 1 unspecified atom stereocenters. The Morgan fingerprint density at radius 3 is 2.44 bits per heavy atom. The lowest BCUT2D eigenvalue weighted by atomic mass is 9.77. The largest absolute Gasteiger partial charge is 0.287 e. The Labute approximate surface area is 181 Å². The van der Waals surface area contributed by atoms with Gasteiger partial charge in [-0.05, 0) is 29.8 Å². The van der Waals surface area contributed by atoms with Crippen LogP contribution < -0.4 is 10.7 Å². The summed E-state index contributed by atoms with van der Waals surface area (Å²) in [7, 11) is 0. The fourth-order valence-corrected chi connectivity index (χ4v) is 4.25. The minimum atomic E-state index is -2.76. The quantitative estimate of drug-likeness (QED) is 0.520. The van der Waals surface area contributed by atoms with Crippen LogP contribution in [-0.4, -0.2) is 20.8 Å². The van der Waals surface area contributed by atoms with E-state index >= 15 is 0 Å². The van der Waals surface area contributed by atoms with Crippen LogP contribution in [0, 0.1) is 5.82 Å². The minimum Gasteiger partial charge on any atom is -0.287 e. The molecule has 0 amide bonds. The van der Waals surface area contributed by atoms with Crippen molar-refractivity contribution in [1.29, 1.82) is 0 Å². The second-order valence-corrected chi connectivity index (χ2v) is 7.43. The van der Waals surface area contributed by atoms with E-state index in [0.29, 0.717) is 16.7 Å². The topological polar surface area (TPSA) is 78.7 Å². The van der Waals surface area contributed by atoms with Crippen molar-refractivity contribution in [2.24, 2.45) is 5.73 Å². The van der Waals surface area contributed by atoms with Crippen LogP contribution in [0.15, 0.2) is 79.5 Å². The van der Waals surface area contributed by atoms with E-state index in [1.165, 1.54) is 24.7 Å². The van der Waals surface area contributed by atoms with Gasteiger partial charge in [-0.3, -0.25) is 15.7 Å². The summed E-state index contributed by atoms with van der Waals surface area (Å²) in [5, 5.41) is 0. The molecule has 0 aliphatic carbocycles. The number of halogens is 3. The number of nitrogens with one attached hydrogen (secondary N) is 1. The summed E-state index contributed by atoms with van der Waals surface area (Å²) in [6.45, 7) is 0. The number of alkyl halides is 2. The number of pyridine rings is 1. The zero-order valence-electron chi connectivity index (χ0n) is 16.6. The van der Waals surface area contributed by atoms with Gasteiger partial charge in [-0.15, -0.1) is 0 Å². The molecule has 0 bridgehead atoms. The zero-order valence-corrected chi connectivity index (χ0v) is 16.6. The maximum atomic E-state index is 14.8. The van der Waals surface area contributed by atoms with Gasteiger partial charge in [0.2, 0.25) is 0 Å². The van der Waals surface area contributed by atoms with E-state index in [0.717, 1.165) is 11.1 Å². The molecular formula is C24H17F3N5+. The standard InChI is InChI=1S/C24H16F3N5/c25-19-6-2-5-18-21(19)23(28)32-24(18,17-7-8-31-20(10-17)22(26)27)16-4-1-3-14(9-16)15-11-29-13-30-12-15/h1-13,22H,(H2,28,32)/p+1. The van der Waals surface area contributed by atoms with Crippen LogP contribution >= 0.6 is 0 Å². The Morgan fingerprint density at radius 2 is 1.66 bits per heavy atom. The zero-order chi connectivity index (χ0) is 22.3. The first-order valence-electron chi connectivity index (χ1n) is 9.81. The van der Waals surface area contributed by atoms with Crippen molar-refractivity contribution in [3.05, 3.63) is 113 Å². The van der Waals surface area contributed by atoms with Crippen molar-refractivity contribution >= 4 is 5.84 Å². The second kappa shape index (κ2) is 7.56. The fourth-order valence-electron chi connectivity index (χ4n) is 4.25.